The Bertz CT molecular complexity index is 954. The Morgan fingerprint density at radius 2 is 1.89 bits per heavy atom. The fourth-order valence-corrected chi connectivity index (χ4v) is 6.36. The summed E-state index contributed by atoms with van der Waals surface area (Å²) in [6, 6.07) is 10.4. The fourth-order valence-electron chi connectivity index (χ4n) is 6.13. The minimum absolute atomic E-state index is 0.164. The molecule has 140 valence electrons. The third-order valence-corrected chi connectivity index (χ3v) is 7.38. The lowest BCUT2D eigenvalue weighted by Gasteiger charge is -2.44. The summed E-state index contributed by atoms with van der Waals surface area (Å²) in [5, 5.41) is 14.0. The quantitative estimate of drug-likeness (QED) is 0.675. The average Bonchev–Trinajstić information content (AvgIpc) is 3.25. The van der Waals surface area contributed by atoms with E-state index in [1.165, 1.54) is 36.0 Å². The van der Waals surface area contributed by atoms with Crippen LogP contribution in [-0.2, 0) is 0 Å². The van der Waals surface area contributed by atoms with Crippen LogP contribution in [0.5, 0.6) is 0 Å². The van der Waals surface area contributed by atoms with Crippen molar-refractivity contribution in [1.29, 1.82) is 0 Å². The molecule has 0 radical (unpaired) electrons. The van der Waals surface area contributed by atoms with Gasteiger partial charge >= 0.3 is 5.97 Å². The van der Waals surface area contributed by atoms with E-state index in [1.54, 1.807) is 6.07 Å². The topological polar surface area (TPSA) is 49.3 Å². The van der Waals surface area contributed by atoms with Gasteiger partial charge in [-0.2, -0.15) is 0 Å². The minimum Gasteiger partial charge on any atom is -0.478 e. The molecule has 27 heavy (non-hydrogen) atoms. The molecule has 0 amide bonds. The van der Waals surface area contributed by atoms with Crippen LogP contribution < -0.4 is 5.32 Å². The Hall–Kier alpha value is -2.00. The molecule has 4 heteroatoms. The molecule has 2 N–H and O–H groups in total. The smallest absolute Gasteiger partial charge is 0.337 e. The van der Waals surface area contributed by atoms with E-state index in [0.29, 0.717) is 34.3 Å². The van der Waals surface area contributed by atoms with Crippen LogP contribution in [0, 0.1) is 31.6 Å². The van der Waals surface area contributed by atoms with Gasteiger partial charge in [0, 0.05) is 5.02 Å². The molecule has 1 aliphatic heterocycles. The van der Waals surface area contributed by atoms with Crippen LogP contribution in [0.25, 0.3) is 0 Å². The Morgan fingerprint density at radius 1 is 1.11 bits per heavy atom. The zero-order chi connectivity index (χ0) is 18.9. The average molecular weight is 382 g/mol. The number of rotatable bonds is 2. The summed E-state index contributed by atoms with van der Waals surface area (Å²) < 4.78 is 0. The van der Waals surface area contributed by atoms with Gasteiger partial charge in [-0.15, -0.1) is 0 Å². The normalized spacial score (nSPS) is 30.6. The molecule has 2 saturated carbocycles. The number of anilines is 1. The maximum atomic E-state index is 11.9. The first-order valence-electron chi connectivity index (χ1n) is 9.84. The maximum Gasteiger partial charge on any atom is 0.337 e. The summed E-state index contributed by atoms with van der Waals surface area (Å²) in [7, 11) is 0. The van der Waals surface area contributed by atoms with Gasteiger partial charge in [0.05, 0.1) is 17.3 Å². The van der Waals surface area contributed by atoms with E-state index in [0.717, 1.165) is 11.3 Å². The molecule has 2 aromatic carbocycles. The van der Waals surface area contributed by atoms with Crippen LogP contribution in [0.2, 0.25) is 5.02 Å². The van der Waals surface area contributed by atoms with Crippen LogP contribution in [-0.4, -0.2) is 11.1 Å². The first kappa shape index (κ1) is 17.1. The van der Waals surface area contributed by atoms with Gasteiger partial charge < -0.3 is 10.4 Å². The molecule has 5 rings (SSSR count). The number of carboxylic acid groups (broad SMARTS) is 1. The van der Waals surface area contributed by atoms with E-state index in [4.69, 9.17) is 11.6 Å². The first-order chi connectivity index (χ1) is 12.9. The van der Waals surface area contributed by atoms with Gasteiger partial charge in [-0.3, -0.25) is 0 Å². The molecule has 2 fully saturated rings. The van der Waals surface area contributed by atoms with Crippen LogP contribution in [0.15, 0.2) is 30.3 Å². The molecule has 3 aliphatic rings. The van der Waals surface area contributed by atoms with Gasteiger partial charge in [0.25, 0.3) is 0 Å². The van der Waals surface area contributed by atoms with Gasteiger partial charge in [-0.25, -0.2) is 4.79 Å². The Morgan fingerprint density at radius 3 is 2.67 bits per heavy atom. The SMILES string of the molecule is Cc1ccc(C)c([C@@H]2Nc3c(C(=O)O)cc(Cl)cc3[C@@H]3[C@H]4CC[C@@H](C4)[C@@H]32)c1. The summed E-state index contributed by atoms with van der Waals surface area (Å²) in [6.07, 6.45) is 3.79. The van der Waals surface area contributed by atoms with Crippen LogP contribution in [0.3, 0.4) is 0 Å². The lowest BCUT2D eigenvalue weighted by Crippen LogP contribution is -2.36. The Labute approximate surface area is 164 Å². The molecule has 3 nitrogen and oxygen atoms in total. The van der Waals surface area contributed by atoms with Gasteiger partial charge in [0.15, 0.2) is 0 Å². The van der Waals surface area contributed by atoms with Crippen molar-refractivity contribution in [3.8, 4) is 0 Å². The molecule has 0 saturated heterocycles. The number of fused-ring (bicyclic) bond motifs is 7. The van der Waals surface area contributed by atoms with Gasteiger partial charge in [0.1, 0.15) is 0 Å². The van der Waals surface area contributed by atoms with E-state index < -0.39 is 5.97 Å². The molecule has 0 aromatic heterocycles. The highest BCUT2D eigenvalue weighted by Gasteiger charge is 2.54. The van der Waals surface area contributed by atoms with Crippen molar-refractivity contribution < 1.29 is 9.90 Å². The third kappa shape index (κ3) is 2.51. The van der Waals surface area contributed by atoms with Crippen LogP contribution >= 0.6 is 11.6 Å². The highest BCUT2D eigenvalue weighted by Crippen LogP contribution is 2.64. The van der Waals surface area contributed by atoms with Crippen molar-refractivity contribution in [2.45, 2.75) is 45.1 Å². The largest absolute Gasteiger partial charge is 0.478 e. The second-order valence-electron chi connectivity index (χ2n) is 8.64. The third-order valence-electron chi connectivity index (χ3n) is 7.16. The summed E-state index contributed by atoms with van der Waals surface area (Å²) >= 11 is 6.33. The number of carboxylic acids is 1. The van der Waals surface area contributed by atoms with Crippen molar-refractivity contribution >= 4 is 23.3 Å². The second-order valence-corrected chi connectivity index (χ2v) is 9.08. The van der Waals surface area contributed by atoms with Crippen molar-refractivity contribution in [2.75, 3.05) is 5.32 Å². The fraction of sp³-hybridized carbons (Fsp3) is 0.435. The van der Waals surface area contributed by atoms with Crippen molar-refractivity contribution in [3.63, 3.8) is 0 Å². The van der Waals surface area contributed by atoms with Gasteiger partial charge in [0.2, 0.25) is 0 Å². The Kier molecular flexibility index (Phi) is 3.80. The lowest BCUT2D eigenvalue weighted by molar-refractivity contribution is 0.0697. The minimum atomic E-state index is -0.914. The van der Waals surface area contributed by atoms with Crippen LogP contribution in [0.1, 0.15) is 63.8 Å². The summed E-state index contributed by atoms with van der Waals surface area (Å²) in [6.45, 7) is 4.29. The number of halogens is 1. The number of nitrogens with one attached hydrogen (secondary N) is 1. The van der Waals surface area contributed by atoms with E-state index in [-0.39, 0.29) is 6.04 Å². The van der Waals surface area contributed by atoms with E-state index in [2.05, 4.69) is 37.4 Å². The van der Waals surface area contributed by atoms with Crippen molar-refractivity contribution in [3.05, 3.63) is 63.2 Å². The molecule has 0 spiro atoms. The van der Waals surface area contributed by atoms with Crippen LogP contribution in [0.4, 0.5) is 5.69 Å². The van der Waals surface area contributed by atoms with E-state index in [9.17, 15) is 9.90 Å². The zero-order valence-electron chi connectivity index (χ0n) is 15.6. The predicted octanol–water partition coefficient (Wildman–Crippen LogP) is 5.95. The highest BCUT2D eigenvalue weighted by molar-refractivity contribution is 6.31. The zero-order valence-corrected chi connectivity index (χ0v) is 16.4. The molecular weight excluding hydrogens is 358 g/mol. The molecular formula is C23H24ClNO2. The van der Waals surface area contributed by atoms with Crippen molar-refractivity contribution in [1.82, 2.24) is 0 Å². The highest BCUT2D eigenvalue weighted by atomic mass is 35.5. The molecule has 1 heterocycles. The summed E-state index contributed by atoms with van der Waals surface area (Å²) in [5.74, 6) is 1.35. The standard InChI is InChI=1S/C23H24ClNO2/c1-11-3-4-12(2)16(7-11)22-20-14-6-5-13(8-14)19(20)17-9-15(24)10-18(23(26)27)21(17)25-22/h3-4,7,9-10,13-14,19-20,22,25H,5-6,8H2,1-2H3,(H,26,27)/t13-,14-,19-,20-,22-/m0/s1. The van der Waals surface area contributed by atoms with Crippen molar-refractivity contribution in [2.24, 2.45) is 17.8 Å². The number of aromatic carboxylic acids is 1. The number of hydrogen-bond acceptors (Lipinski definition) is 2. The molecule has 5 atom stereocenters. The summed E-state index contributed by atoms with van der Waals surface area (Å²) in [4.78, 5) is 11.9. The molecule has 0 unspecified atom stereocenters. The van der Waals surface area contributed by atoms with E-state index >= 15 is 0 Å². The lowest BCUT2D eigenvalue weighted by atomic mass is 9.67. The van der Waals surface area contributed by atoms with Gasteiger partial charge in [-0.1, -0.05) is 35.4 Å². The Balaban J connectivity index is 1.72. The molecule has 2 bridgehead atoms. The first-order valence-corrected chi connectivity index (χ1v) is 10.2. The number of aryl methyl sites for hydroxylation is 2. The molecule has 2 aromatic rings. The van der Waals surface area contributed by atoms with E-state index in [1.807, 2.05) is 6.07 Å². The van der Waals surface area contributed by atoms with Gasteiger partial charge in [-0.05, 0) is 85.6 Å². The summed E-state index contributed by atoms with van der Waals surface area (Å²) in [5.41, 5.74) is 6.04. The molecule has 2 aliphatic carbocycles. The number of benzene rings is 2. The predicted molar refractivity (Wildman–Crippen MR) is 108 cm³/mol. The number of hydrogen-bond donors (Lipinski definition) is 2. The second kappa shape index (κ2) is 6.00. The monoisotopic (exact) mass is 381 g/mol. The maximum absolute atomic E-state index is 11.9. The number of carbonyl (C=O) groups is 1.